The van der Waals surface area contributed by atoms with Gasteiger partial charge in [0.25, 0.3) is 5.91 Å². The molecule has 7 heteroatoms. The van der Waals surface area contributed by atoms with Gasteiger partial charge < -0.3 is 14.9 Å². The average Bonchev–Trinajstić information content (AvgIpc) is 3.26. The highest BCUT2D eigenvalue weighted by atomic mass is 16.2. The van der Waals surface area contributed by atoms with Crippen LogP contribution in [0.25, 0.3) is 11.0 Å². The molecule has 0 spiro atoms. The molecular formula is C23H26N4O3. The summed E-state index contributed by atoms with van der Waals surface area (Å²) in [5.74, 6) is -0.219. The minimum absolute atomic E-state index is 0.219. The van der Waals surface area contributed by atoms with Gasteiger partial charge in [0.15, 0.2) is 0 Å². The van der Waals surface area contributed by atoms with Crippen LogP contribution in [-0.4, -0.2) is 33.4 Å². The Balaban J connectivity index is 1.52. The molecule has 1 fully saturated rings. The number of rotatable bonds is 6. The monoisotopic (exact) mass is 406 g/mol. The summed E-state index contributed by atoms with van der Waals surface area (Å²) in [6.07, 6.45) is 2.49. The number of likely N-dealkylation sites (tertiary alicyclic amines) is 1. The van der Waals surface area contributed by atoms with E-state index in [4.69, 9.17) is 0 Å². The second-order valence-electron chi connectivity index (χ2n) is 7.67. The van der Waals surface area contributed by atoms with Crippen molar-refractivity contribution in [3.8, 4) is 0 Å². The summed E-state index contributed by atoms with van der Waals surface area (Å²) in [5.41, 5.74) is 2.59. The molecule has 2 aromatic carbocycles. The smallest absolute Gasteiger partial charge is 0.316 e. The first-order valence-electron chi connectivity index (χ1n) is 10.4. The van der Waals surface area contributed by atoms with E-state index in [0.717, 1.165) is 25.2 Å². The number of nitrogens with zero attached hydrogens (tertiary/aromatic N) is 2. The fourth-order valence-electron chi connectivity index (χ4n) is 4.08. The number of carbonyl (C=O) groups excluding carboxylic acids is 1. The zero-order valence-electron chi connectivity index (χ0n) is 17.1. The number of carbonyl (C=O) groups is 1. The van der Waals surface area contributed by atoms with Crippen molar-refractivity contribution in [2.45, 2.75) is 39.4 Å². The van der Waals surface area contributed by atoms with Gasteiger partial charge in [0, 0.05) is 25.2 Å². The van der Waals surface area contributed by atoms with Gasteiger partial charge in [-0.05, 0) is 62.2 Å². The zero-order valence-corrected chi connectivity index (χ0v) is 17.1. The molecule has 1 aromatic heterocycles. The van der Waals surface area contributed by atoms with Crippen LogP contribution < -0.4 is 16.4 Å². The summed E-state index contributed by atoms with van der Waals surface area (Å²) in [5, 5.41) is 2.98. The van der Waals surface area contributed by atoms with E-state index in [1.165, 1.54) is 23.0 Å². The van der Waals surface area contributed by atoms with Crippen LogP contribution in [0, 0.1) is 0 Å². The maximum Gasteiger partial charge on any atom is 0.316 e. The van der Waals surface area contributed by atoms with Crippen LogP contribution in [0.2, 0.25) is 0 Å². The van der Waals surface area contributed by atoms with Crippen LogP contribution >= 0.6 is 0 Å². The summed E-state index contributed by atoms with van der Waals surface area (Å²) in [7, 11) is 0. The van der Waals surface area contributed by atoms with E-state index in [1.807, 2.05) is 18.2 Å². The Hall–Kier alpha value is -3.19. The number of H-pyrrole nitrogens is 1. The largest absolute Gasteiger partial charge is 0.348 e. The SMILES string of the molecule is CCn1c(=O)c(=O)[nH]c2cc(C(=O)NCc3ccccc3CN3CCCC3)ccc21. The number of hydrogen-bond donors (Lipinski definition) is 2. The number of nitrogens with one attached hydrogen (secondary N) is 2. The Morgan fingerprint density at radius 2 is 1.80 bits per heavy atom. The highest BCUT2D eigenvalue weighted by molar-refractivity contribution is 5.97. The van der Waals surface area contributed by atoms with E-state index in [0.29, 0.717) is 29.7 Å². The average molecular weight is 406 g/mol. The molecule has 1 aliphatic heterocycles. The van der Waals surface area contributed by atoms with E-state index in [9.17, 15) is 14.4 Å². The number of hydrogen-bond acceptors (Lipinski definition) is 4. The van der Waals surface area contributed by atoms with Crippen molar-refractivity contribution in [1.82, 2.24) is 19.8 Å². The molecule has 2 heterocycles. The molecule has 156 valence electrons. The van der Waals surface area contributed by atoms with Gasteiger partial charge in [-0.15, -0.1) is 0 Å². The molecule has 4 rings (SSSR count). The zero-order chi connectivity index (χ0) is 21.1. The highest BCUT2D eigenvalue weighted by Crippen LogP contribution is 2.17. The Bertz CT molecular complexity index is 1190. The van der Waals surface area contributed by atoms with Crippen LogP contribution in [0.4, 0.5) is 0 Å². The Morgan fingerprint density at radius 3 is 2.53 bits per heavy atom. The summed E-state index contributed by atoms with van der Waals surface area (Å²) >= 11 is 0. The Morgan fingerprint density at radius 1 is 1.07 bits per heavy atom. The minimum atomic E-state index is -0.683. The lowest BCUT2D eigenvalue weighted by Crippen LogP contribution is -2.36. The molecule has 1 saturated heterocycles. The minimum Gasteiger partial charge on any atom is -0.348 e. The predicted octanol–water partition coefficient (Wildman–Crippen LogP) is 2.24. The third-order valence-corrected chi connectivity index (χ3v) is 5.70. The van der Waals surface area contributed by atoms with Crippen molar-refractivity contribution in [1.29, 1.82) is 0 Å². The van der Waals surface area contributed by atoms with E-state index in [-0.39, 0.29) is 5.91 Å². The van der Waals surface area contributed by atoms with Crippen molar-refractivity contribution in [2.75, 3.05) is 13.1 Å². The standard InChI is InChI=1S/C23H26N4O3/c1-2-27-20-10-9-16(13-19(20)25-22(29)23(27)30)21(28)24-14-17-7-3-4-8-18(17)15-26-11-5-6-12-26/h3-4,7-10,13H,2,5-6,11-12,14-15H2,1H3,(H,24,28)(H,25,29). The number of amides is 1. The van der Waals surface area contributed by atoms with Gasteiger partial charge in [-0.3, -0.25) is 19.3 Å². The van der Waals surface area contributed by atoms with Crippen molar-refractivity contribution in [3.63, 3.8) is 0 Å². The topological polar surface area (TPSA) is 87.2 Å². The number of aryl methyl sites for hydroxylation is 1. The molecule has 3 aromatic rings. The van der Waals surface area contributed by atoms with Crippen molar-refractivity contribution < 1.29 is 4.79 Å². The predicted molar refractivity (Wildman–Crippen MR) is 117 cm³/mol. The molecule has 1 amide bonds. The molecule has 0 radical (unpaired) electrons. The third-order valence-electron chi connectivity index (χ3n) is 5.70. The first-order valence-corrected chi connectivity index (χ1v) is 10.4. The fraction of sp³-hybridized carbons (Fsp3) is 0.348. The maximum absolute atomic E-state index is 12.7. The quantitative estimate of drug-likeness (QED) is 0.615. The van der Waals surface area contributed by atoms with Crippen LogP contribution in [0.3, 0.4) is 0 Å². The number of aromatic nitrogens is 2. The van der Waals surface area contributed by atoms with E-state index >= 15 is 0 Å². The molecule has 0 bridgehead atoms. The van der Waals surface area contributed by atoms with E-state index < -0.39 is 11.1 Å². The summed E-state index contributed by atoms with van der Waals surface area (Å²) in [6.45, 7) is 5.78. The van der Waals surface area contributed by atoms with Gasteiger partial charge >= 0.3 is 11.1 Å². The fourth-order valence-corrected chi connectivity index (χ4v) is 4.08. The summed E-state index contributed by atoms with van der Waals surface area (Å²) in [4.78, 5) is 41.6. The summed E-state index contributed by atoms with van der Waals surface area (Å²) in [6, 6.07) is 13.2. The molecular weight excluding hydrogens is 380 g/mol. The lowest BCUT2D eigenvalue weighted by Gasteiger charge is -2.17. The molecule has 30 heavy (non-hydrogen) atoms. The van der Waals surface area contributed by atoms with Crippen LogP contribution in [0.1, 0.15) is 41.3 Å². The Kier molecular flexibility index (Phi) is 5.81. The van der Waals surface area contributed by atoms with Crippen LogP contribution in [0.15, 0.2) is 52.1 Å². The van der Waals surface area contributed by atoms with Crippen LogP contribution in [0.5, 0.6) is 0 Å². The van der Waals surface area contributed by atoms with Gasteiger partial charge in [0.05, 0.1) is 11.0 Å². The molecule has 0 unspecified atom stereocenters. The molecule has 7 nitrogen and oxygen atoms in total. The van der Waals surface area contributed by atoms with Crippen LogP contribution in [-0.2, 0) is 19.6 Å². The first-order chi connectivity index (χ1) is 14.6. The molecule has 2 N–H and O–H groups in total. The second-order valence-corrected chi connectivity index (χ2v) is 7.67. The van der Waals surface area contributed by atoms with Gasteiger partial charge in [-0.1, -0.05) is 24.3 Å². The Labute approximate surface area is 174 Å². The van der Waals surface area contributed by atoms with E-state index in [1.54, 1.807) is 25.1 Å². The molecule has 1 aliphatic rings. The van der Waals surface area contributed by atoms with Gasteiger partial charge in [0.1, 0.15) is 0 Å². The van der Waals surface area contributed by atoms with Crippen molar-refractivity contribution in [2.24, 2.45) is 0 Å². The lowest BCUT2D eigenvalue weighted by atomic mass is 10.1. The molecule has 0 saturated carbocycles. The van der Waals surface area contributed by atoms with Gasteiger partial charge in [-0.2, -0.15) is 0 Å². The number of fused-ring (bicyclic) bond motifs is 1. The lowest BCUT2D eigenvalue weighted by molar-refractivity contribution is 0.0951. The van der Waals surface area contributed by atoms with Crippen molar-refractivity contribution in [3.05, 3.63) is 79.9 Å². The molecule has 0 atom stereocenters. The highest BCUT2D eigenvalue weighted by Gasteiger charge is 2.15. The number of benzene rings is 2. The third kappa shape index (κ3) is 4.07. The normalized spacial score (nSPS) is 14.3. The van der Waals surface area contributed by atoms with Gasteiger partial charge in [-0.25, -0.2) is 0 Å². The van der Waals surface area contributed by atoms with E-state index in [2.05, 4.69) is 21.3 Å². The summed E-state index contributed by atoms with van der Waals surface area (Å²) < 4.78 is 1.41. The second kappa shape index (κ2) is 8.67. The van der Waals surface area contributed by atoms with Crippen molar-refractivity contribution >= 4 is 16.9 Å². The number of aromatic amines is 1. The maximum atomic E-state index is 12.7. The molecule has 0 aliphatic carbocycles. The first kappa shape index (κ1) is 20.1. The van der Waals surface area contributed by atoms with Gasteiger partial charge in [0.2, 0.25) is 0 Å².